The lowest BCUT2D eigenvalue weighted by Gasteiger charge is -2.27. The topological polar surface area (TPSA) is 32.8 Å². The Balaban J connectivity index is 1.05. The van der Waals surface area contributed by atoms with Gasteiger partial charge in [-0.2, -0.15) is 0 Å². The van der Waals surface area contributed by atoms with E-state index in [2.05, 4.69) is 192 Å². The minimum Gasteiger partial charge on any atom is -0.456 e. The van der Waals surface area contributed by atoms with Crippen LogP contribution < -0.4 is 9.80 Å². The van der Waals surface area contributed by atoms with Gasteiger partial charge in [0.25, 0.3) is 0 Å². The molecule has 12 rings (SSSR count). The van der Waals surface area contributed by atoms with Gasteiger partial charge in [-0.1, -0.05) is 109 Å². The summed E-state index contributed by atoms with van der Waals surface area (Å²) in [5, 5.41) is 11.7. The Bertz CT molecular complexity index is 3270. The zero-order valence-electron chi connectivity index (χ0n) is 31.3. The van der Waals surface area contributed by atoms with Crippen LogP contribution in [-0.4, -0.2) is 0 Å². The molecule has 272 valence electrons. The number of para-hydroxylation sites is 4. The molecule has 0 spiro atoms. The first-order chi connectivity index (χ1) is 28.7. The number of hydrogen-bond acceptors (Lipinski definition) is 4. The minimum absolute atomic E-state index is 0.884. The molecule has 0 aliphatic rings. The standard InChI is InChI=1S/C54H34N2O2/c1-3-13-35(14-4-1)55(39-25-29-53-49(33-39)45-19-9-11-21-51(45)57-53)37-23-27-43-44-28-24-38(32-48(44)42-18-8-7-17-41(42)47(43)31-37)56(36-15-5-2-6-16-36)40-26-30-54-50(34-40)46-20-10-12-22-52(46)58-54/h1-34H. The van der Waals surface area contributed by atoms with E-state index in [1.807, 2.05) is 24.3 Å². The summed E-state index contributed by atoms with van der Waals surface area (Å²) in [7, 11) is 0. The van der Waals surface area contributed by atoms with E-state index in [9.17, 15) is 0 Å². The smallest absolute Gasteiger partial charge is 0.135 e. The van der Waals surface area contributed by atoms with Crippen LogP contribution in [-0.2, 0) is 0 Å². The summed E-state index contributed by atoms with van der Waals surface area (Å²) in [6, 6.07) is 73.4. The summed E-state index contributed by atoms with van der Waals surface area (Å²) in [4.78, 5) is 4.70. The summed E-state index contributed by atoms with van der Waals surface area (Å²) in [6.45, 7) is 0. The lowest BCUT2D eigenvalue weighted by atomic mass is 9.93. The normalized spacial score (nSPS) is 11.8. The Hall–Kier alpha value is -7.82. The highest BCUT2D eigenvalue weighted by atomic mass is 16.3. The van der Waals surface area contributed by atoms with Crippen LogP contribution >= 0.6 is 0 Å². The SMILES string of the molecule is c1ccc(N(c2ccc3oc4ccccc4c3c2)c2ccc3c4ccc(N(c5ccccc5)c5ccc6oc7ccccc7c6c5)cc4c4ccccc4c3c2)cc1. The Labute approximate surface area is 334 Å². The Morgan fingerprint density at radius 1 is 0.207 bits per heavy atom. The van der Waals surface area contributed by atoms with Crippen LogP contribution in [0.1, 0.15) is 0 Å². The highest BCUT2D eigenvalue weighted by Crippen LogP contribution is 2.45. The lowest BCUT2D eigenvalue weighted by Crippen LogP contribution is -2.10. The Kier molecular flexibility index (Phi) is 7.20. The first-order valence-corrected chi connectivity index (χ1v) is 19.7. The van der Waals surface area contributed by atoms with Gasteiger partial charge in [0.1, 0.15) is 22.3 Å². The van der Waals surface area contributed by atoms with E-state index in [1.54, 1.807) is 0 Å². The van der Waals surface area contributed by atoms with Gasteiger partial charge in [-0.15, -0.1) is 0 Å². The van der Waals surface area contributed by atoms with Gasteiger partial charge in [-0.3, -0.25) is 0 Å². The van der Waals surface area contributed by atoms with Crippen LogP contribution in [0.2, 0.25) is 0 Å². The third-order valence-corrected chi connectivity index (χ3v) is 11.6. The zero-order valence-corrected chi connectivity index (χ0v) is 31.3. The minimum atomic E-state index is 0.884. The van der Waals surface area contributed by atoms with Crippen molar-refractivity contribution in [3.05, 3.63) is 206 Å². The van der Waals surface area contributed by atoms with Crippen LogP contribution in [0, 0.1) is 0 Å². The van der Waals surface area contributed by atoms with Crippen molar-refractivity contribution in [3.8, 4) is 0 Å². The van der Waals surface area contributed by atoms with E-state index in [0.29, 0.717) is 0 Å². The third-order valence-electron chi connectivity index (χ3n) is 11.6. The Morgan fingerprint density at radius 2 is 0.517 bits per heavy atom. The first kappa shape index (κ1) is 32.4. The molecule has 2 heterocycles. The molecule has 4 heteroatoms. The molecule has 0 amide bonds. The molecule has 0 aliphatic heterocycles. The van der Waals surface area contributed by atoms with E-state index in [-0.39, 0.29) is 0 Å². The van der Waals surface area contributed by atoms with E-state index in [1.165, 1.54) is 32.3 Å². The van der Waals surface area contributed by atoms with E-state index in [4.69, 9.17) is 8.83 Å². The third kappa shape index (κ3) is 5.09. The van der Waals surface area contributed by atoms with Crippen LogP contribution in [0.4, 0.5) is 34.1 Å². The quantitative estimate of drug-likeness (QED) is 0.159. The van der Waals surface area contributed by atoms with Gasteiger partial charge < -0.3 is 18.6 Å². The predicted molar refractivity (Wildman–Crippen MR) is 243 cm³/mol. The fraction of sp³-hybridized carbons (Fsp3) is 0. The maximum atomic E-state index is 6.22. The number of benzene rings is 10. The van der Waals surface area contributed by atoms with Crippen molar-refractivity contribution in [3.63, 3.8) is 0 Å². The van der Waals surface area contributed by atoms with Crippen molar-refractivity contribution < 1.29 is 8.83 Å². The number of anilines is 6. The highest BCUT2D eigenvalue weighted by Gasteiger charge is 2.20. The molecule has 0 saturated carbocycles. The van der Waals surface area contributed by atoms with Crippen LogP contribution in [0.15, 0.2) is 215 Å². The average molecular weight is 743 g/mol. The number of furan rings is 2. The second-order valence-electron chi connectivity index (χ2n) is 14.9. The van der Waals surface area contributed by atoms with Crippen molar-refractivity contribution in [1.29, 1.82) is 0 Å². The van der Waals surface area contributed by atoms with Crippen LogP contribution in [0.3, 0.4) is 0 Å². The highest BCUT2D eigenvalue weighted by molar-refractivity contribution is 6.26. The fourth-order valence-electron chi connectivity index (χ4n) is 8.97. The second-order valence-corrected chi connectivity index (χ2v) is 14.9. The van der Waals surface area contributed by atoms with Crippen LogP contribution in [0.25, 0.3) is 76.2 Å². The van der Waals surface area contributed by atoms with Gasteiger partial charge in [-0.05, 0) is 129 Å². The van der Waals surface area contributed by atoms with E-state index >= 15 is 0 Å². The monoisotopic (exact) mass is 742 g/mol. The molecule has 0 radical (unpaired) electrons. The molecule has 4 nitrogen and oxygen atoms in total. The predicted octanol–water partition coefficient (Wildman–Crippen LogP) is 15.9. The van der Waals surface area contributed by atoms with Gasteiger partial charge in [-0.25, -0.2) is 0 Å². The zero-order chi connectivity index (χ0) is 38.2. The number of hydrogen-bond donors (Lipinski definition) is 0. The molecule has 0 unspecified atom stereocenters. The summed E-state index contributed by atoms with van der Waals surface area (Å²) in [6.07, 6.45) is 0. The molecule has 0 saturated heterocycles. The molecule has 2 aromatic heterocycles. The van der Waals surface area contributed by atoms with E-state index < -0.39 is 0 Å². The molecular formula is C54H34N2O2. The second kappa shape index (κ2) is 12.9. The van der Waals surface area contributed by atoms with Crippen molar-refractivity contribution >= 4 is 110 Å². The van der Waals surface area contributed by atoms with Gasteiger partial charge in [0.15, 0.2) is 0 Å². The first-order valence-electron chi connectivity index (χ1n) is 19.7. The lowest BCUT2D eigenvalue weighted by molar-refractivity contribution is 0.668. The van der Waals surface area contributed by atoms with Gasteiger partial charge in [0, 0.05) is 55.7 Å². The maximum Gasteiger partial charge on any atom is 0.135 e. The molecule has 0 atom stereocenters. The summed E-state index contributed by atoms with van der Waals surface area (Å²) < 4.78 is 12.4. The fourth-order valence-corrected chi connectivity index (χ4v) is 8.97. The van der Waals surface area contributed by atoms with Crippen LogP contribution in [0.5, 0.6) is 0 Å². The van der Waals surface area contributed by atoms with Gasteiger partial charge in [0.05, 0.1) is 0 Å². The van der Waals surface area contributed by atoms with E-state index in [0.717, 1.165) is 78.0 Å². The summed E-state index contributed by atoms with van der Waals surface area (Å²) in [5.41, 5.74) is 10.1. The Morgan fingerprint density at radius 3 is 0.948 bits per heavy atom. The number of nitrogens with zero attached hydrogens (tertiary/aromatic N) is 2. The number of fused-ring (bicyclic) bond motifs is 12. The molecular weight excluding hydrogens is 709 g/mol. The van der Waals surface area contributed by atoms with Crippen molar-refractivity contribution in [2.75, 3.05) is 9.80 Å². The largest absolute Gasteiger partial charge is 0.456 e. The molecule has 0 fully saturated rings. The van der Waals surface area contributed by atoms with Crippen molar-refractivity contribution in [1.82, 2.24) is 0 Å². The van der Waals surface area contributed by atoms with Gasteiger partial charge in [0.2, 0.25) is 0 Å². The maximum absolute atomic E-state index is 6.22. The molecule has 0 aliphatic carbocycles. The molecule has 58 heavy (non-hydrogen) atoms. The average Bonchev–Trinajstić information content (AvgIpc) is 3.85. The molecule has 0 N–H and O–H groups in total. The molecule has 10 aromatic carbocycles. The summed E-state index contributed by atoms with van der Waals surface area (Å²) >= 11 is 0. The number of rotatable bonds is 6. The molecule has 0 bridgehead atoms. The molecule has 12 aromatic rings. The summed E-state index contributed by atoms with van der Waals surface area (Å²) in [5.74, 6) is 0. The van der Waals surface area contributed by atoms with Crippen molar-refractivity contribution in [2.24, 2.45) is 0 Å². The van der Waals surface area contributed by atoms with Crippen molar-refractivity contribution in [2.45, 2.75) is 0 Å². The van der Waals surface area contributed by atoms with Gasteiger partial charge >= 0.3 is 0 Å².